The minimum atomic E-state index is -0.358. The molecule has 0 unspecified atom stereocenters. The van der Waals surface area contributed by atoms with Gasteiger partial charge in [-0.2, -0.15) is 0 Å². The molecule has 23 heavy (non-hydrogen) atoms. The van der Waals surface area contributed by atoms with Gasteiger partial charge >= 0.3 is 0 Å². The van der Waals surface area contributed by atoms with E-state index in [0.717, 1.165) is 32.0 Å². The van der Waals surface area contributed by atoms with Crippen LogP contribution in [0.3, 0.4) is 0 Å². The van der Waals surface area contributed by atoms with Crippen molar-refractivity contribution < 1.29 is 9.34 Å². The SMILES string of the molecule is O=[N+]([O-])c1ccc(Br)cc1-c1cccc2oc3ccccc3c12. The highest BCUT2D eigenvalue weighted by Gasteiger charge is 2.20. The van der Waals surface area contributed by atoms with Crippen LogP contribution in [0.1, 0.15) is 0 Å². The molecule has 112 valence electrons. The van der Waals surface area contributed by atoms with Crippen LogP contribution in [-0.2, 0) is 0 Å². The predicted octanol–water partition coefficient (Wildman–Crippen LogP) is 5.92. The quantitative estimate of drug-likeness (QED) is 0.326. The molecule has 0 bridgehead atoms. The smallest absolute Gasteiger partial charge is 0.277 e. The highest BCUT2D eigenvalue weighted by atomic mass is 79.9. The molecule has 4 nitrogen and oxygen atoms in total. The van der Waals surface area contributed by atoms with Crippen molar-refractivity contribution in [2.24, 2.45) is 0 Å². The third-order valence-electron chi connectivity index (χ3n) is 3.85. The Labute approximate surface area is 139 Å². The van der Waals surface area contributed by atoms with E-state index in [4.69, 9.17) is 4.42 Å². The van der Waals surface area contributed by atoms with Crippen LogP contribution in [0.2, 0.25) is 0 Å². The molecular weight excluding hydrogens is 358 g/mol. The number of hydrogen-bond donors (Lipinski definition) is 0. The Kier molecular flexibility index (Phi) is 3.16. The van der Waals surface area contributed by atoms with Crippen molar-refractivity contribution in [1.82, 2.24) is 0 Å². The zero-order valence-corrected chi connectivity index (χ0v) is 13.4. The molecular formula is C18H10BrNO3. The van der Waals surface area contributed by atoms with E-state index in [9.17, 15) is 10.1 Å². The maximum Gasteiger partial charge on any atom is 0.277 e. The van der Waals surface area contributed by atoms with E-state index in [1.54, 1.807) is 12.1 Å². The molecule has 4 aromatic rings. The van der Waals surface area contributed by atoms with Crippen molar-refractivity contribution in [3.8, 4) is 11.1 Å². The summed E-state index contributed by atoms with van der Waals surface area (Å²) in [4.78, 5) is 11.1. The van der Waals surface area contributed by atoms with E-state index < -0.39 is 0 Å². The third kappa shape index (κ3) is 2.21. The maximum absolute atomic E-state index is 11.4. The van der Waals surface area contributed by atoms with Gasteiger partial charge in [0, 0.05) is 26.9 Å². The molecule has 4 rings (SSSR count). The largest absolute Gasteiger partial charge is 0.456 e. The standard InChI is InChI=1S/C18H10BrNO3/c19-11-8-9-15(20(21)22)14(10-11)12-5-3-7-17-18(12)13-4-1-2-6-16(13)23-17/h1-10H. The number of furan rings is 1. The number of nitro benzene ring substituents is 1. The Morgan fingerprint density at radius 2 is 1.70 bits per heavy atom. The molecule has 0 atom stereocenters. The average molecular weight is 368 g/mol. The van der Waals surface area contributed by atoms with Gasteiger partial charge < -0.3 is 4.42 Å². The van der Waals surface area contributed by atoms with E-state index in [-0.39, 0.29) is 10.6 Å². The summed E-state index contributed by atoms with van der Waals surface area (Å²) in [6, 6.07) is 18.3. The van der Waals surface area contributed by atoms with E-state index >= 15 is 0 Å². The molecule has 0 saturated carbocycles. The van der Waals surface area contributed by atoms with Crippen LogP contribution in [-0.4, -0.2) is 4.92 Å². The van der Waals surface area contributed by atoms with Crippen LogP contribution in [0, 0.1) is 10.1 Å². The fraction of sp³-hybridized carbons (Fsp3) is 0. The number of rotatable bonds is 2. The van der Waals surface area contributed by atoms with Crippen molar-refractivity contribution in [2.45, 2.75) is 0 Å². The van der Waals surface area contributed by atoms with E-state index in [1.807, 2.05) is 42.5 Å². The Balaban J connectivity index is 2.15. The van der Waals surface area contributed by atoms with Crippen LogP contribution in [0.25, 0.3) is 33.1 Å². The molecule has 5 heteroatoms. The fourth-order valence-corrected chi connectivity index (χ4v) is 3.24. The number of nitro groups is 1. The van der Waals surface area contributed by atoms with E-state index in [2.05, 4.69) is 15.9 Å². The van der Waals surface area contributed by atoms with Crippen molar-refractivity contribution >= 4 is 43.6 Å². The lowest BCUT2D eigenvalue weighted by Crippen LogP contribution is -1.92. The zero-order chi connectivity index (χ0) is 16.0. The van der Waals surface area contributed by atoms with Crippen molar-refractivity contribution in [1.29, 1.82) is 0 Å². The number of fused-ring (bicyclic) bond motifs is 3. The predicted molar refractivity (Wildman–Crippen MR) is 93.5 cm³/mol. The highest BCUT2D eigenvalue weighted by Crippen LogP contribution is 2.40. The number of benzene rings is 3. The lowest BCUT2D eigenvalue weighted by atomic mass is 9.98. The van der Waals surface area contributed by atoms with Gasteiger partial charge in [-0.05, 0) is 24.3 Å². The average Bonchev–Trinajstić information content (AvgIpc) is 2.93. The van der Waals surface area contributed by atoms with Gasteiger partial charge in [0.25, 0.3) is 5.69 Å². The summed E-state index contributed by atoms with van der Waals surface area (Å²) >= 11 is 3.40. The third-order valence-corrected chi connectivity index (χ3v) is 4.34. The summed E-state index contributed by atoms with van der Waals surface area (Å²) in [5.41, 5.74) is 2.93. The molecule has 0 N–H and O–H groups in total. The number of hydrogen-bond acceptors (Lipinski definition) is 3. The summed E-state index contributed by atoms with van der Waals surface area (Å²) in [7, 11) is 0. The lowest BCUT2D eigenvalue weighted by Gasteiger charge is -2.06. The summed E-state index contributed by atoms with van der Waals surface area (Å²) in [6.45, 7) is 0. The topological polar surface area (TPSA) is 56.3 Å². The minimum absolute atomic E-state index is 0.0750. The summed E-state index contributed by atoms with van der Waals surface area (Å²) in [5.74, 6) is 0. The van der Waals surface area contributed by atoms with Crippen LogP contribution in [0.15, 0.2) is 69.6 Å². The second-order valence-electron chi connectivity index (χ2n) is 5.20. The van der Waals surface area contributed by atoms with Gasteiger partial charge in [-0.1, -0.05) is 46.3 Å². The van der Waals surface area contributed by atoms with Crippen molar-refractivity contribution in [2.75, 3.05) is 0 Å². The number of para-hydroxylation sites is 1. The molecule has 0 aliphatic carbocycles. The normalized spacial score (nSPS) is 11.2. The van der Waals surface area contributed by atoms with E-state index in [0.29, 0.717) is 5.56 Å². The second-order valence-corrected chi connectivity index (χ2v) is 6.11. The molecule has 0 aliphatic rings. The van der Waals surface area contributed by atoms with Gasteiger partial charge in [0.2, 0.25) is 0 Å². The number of nitrogens with zero attached hydrogens (tertiary/aromatic N) is 1. The zero-order valence-electron chi connectivity index (χ0n) is 11.8. The van der Waals surface area contributed by atoms with E-state index in [1.165, 1.54) is 6.07 Å². The molecule has 0 amide bonds. The van der Waals surface area contributed by atoms with Gasteiger partial charge in [-0.25, -0.2) is 0 Å². The maximum atomic E-state index is 11.4. The van der Waals surface area contributed by atoms with Gasteiger partial charge in [0.15, 0.2) is 0 Å². The van der Waals surface area contributed by atoms with Crippen molar-refractivity contribution in [3.05, 3.63) is 75.3 Å². The Morgan fingerprint density at radius 1 is 0.913 bits per heavy atom. The molecule has 0 fully saturated rings. The van der Waals surface area contributed by atoms with Gasteiger partial charge in [-0.3, -0.25) is 10.1 Å². The van der Waals surface area contributed by atoms with Gasteiger partial charge in [-0.15, -0.1) is 0 Å². The molecule has 0 saturated heterocycles. The number of halogens is 1. The Morgan fingerprint density at radius 3 is 2.52 bits per heavy atom. The van der Waals surface area contributed by atoms with Crippen molar-refractivity contribution in [3.63, 3.8) is 0 Å². The monoisotopic (exact) mass is 367 g/mol. The minimum Gasteiger partial charge on any atom is -0.456 e. The van der Waals surface area contributed by atoms with Gasteiger partial charge in [0.1, 0.15) is 11.2 Å². The van der Waals surface area contributed by atoms with Crippen LogP contribution >= 0.6 is 15.9 Å². The molecule has 3 aromatic carbocycles. The molecule has 1 aromatic heterocycles. The molecule has 0 spiro atoms. The Bertz CT molecular complexity index is 1070. The first-order chi connectivity index (χ1) is 11.1. The first-order valence-corrected chi connectivity index (χ1v) is 7.79. The van der Waals surface area contributed by atoms with Crippen LogP contribution < -0.4 is 0 Å². The summed E-state index contributed by atoms with van der Waals surface area (Å²) in [5, 5.41) is 13.3. The first kappa shape index (κ1) is 14.0. The lowest BCUT2D eigenvalue weighted by molar-refractivity contribution is -0.384. The summed E-state index contributed by atoms with van der Waals surface area (Å²) in [6.07, 6.45) is 0. The second kappa shape index (κ2) is 5.21. The highest BCUT2D eigenvalue weighted by molar-refractivity contribution is 9.10. The van der Waals surface area contributed by atoms with Crippen LogP contribution in [0.5, 0.6) is 0 Å². The summed E-state index contributed by atoms with van der Waals surface area (Å²) < 4.78 is 6.66. The molecule has 0 radical (unpaired) electrons. The first-order valence-electron chi connectivity index (χ1n) is 7.00. The Hall–Kier alpha value is -2.66. The molecule has 1 heterocycles. The van der Waals surface area contributed by atoms with Gasteiger partial charge in [0.05, 0.1) is 10.5 Å². The molecule has 0 aliphatic heterocycles. The van der Waals surface area contributed by atoms with Crippen LogP contribution in [0.4, 0.5) is 5.69 Å². The fourth-order valence-electron chi connectivity index (χ4n) is 2.88.